The van der Waals surface area contributed by atoms with E-state index in [9.17, 15) is 9.59 Å². The maximum atomic E-state index is 11.0. The number of ether oxygens (including phenoxy) is 1. The van der Waals surface area contributed by atoms with Crippen molar-refractivity contribution in [2.75, 3.05) is 13.2 Å². The summed E-state index contributed by atoms with van der Waals surface area (Å²) in [4.78, 5) is 25.1. The Kier molecular flexibility index (Phi) is 4.47. The van der Waals surface area contributed by atoms with Gasteiger partial charge in [0.1, 0.15) is 18.0 Å². The van der Waals surface area contributed by atoms with Gasteiger partial charge in [0.25, 0.3) is 5.91 Å². The molecule has 0 unspecified atom stereocenters. The van der Waals surface area contributed by atoms with Crippen molar-refractivity contribution >= 4 is 12.2 Å². The molecule has 0 fully saturated rings. The van der Waals surface area contributed by atoms with Gasteiger partial charge in [0.05, 0.1) is 12.3 Å². The molecule has 6 nitrogen and oxygen atoms in total. The summed E-state index contributed by atoms with van der Waals surface area (Å²) in [6.45, 7) is -0.242. The van der Waals surface area contributed by atoms with Crippen LogP contribution >= 0.6 is 0 Å². The number of nitriles is 1. The highest BCUT2D eigenvalue weighted by Crippen LogP contribution is 2.07. The van der Waals surface area contributed by atoms with E-state index in [2.05, 4.69) is 10.3 Å². The molecule has 1 heterocycles. The summed E-state index contributed by atoms with van der Waals surface area (Å²) in [6.07, 6.45) is 1.96. The fourth-order valence-corrected chi connectivity index (χ4v) is 0.885. The first-order chi connectivity index (χ1) is 7.76. The Morgan fingerprint density at radius 3 is 3.00 bits per heavy atom. The van der Waals surface area contributed by atoms with Crippen molar-refractivity contribution in [3.8, 4) is 11.8 Å². The van der Waals surface area contributed by atoms with Crippen molar-refractivity contribution in [3.63, 3.8) is 0 Å². The number of aldehydes is 1. The summed E-state index contributed by atoms with van der Waals surface area (Å²) in [5.74, 6) is -0.00118. The van der Waals surface area contributed by atoms with Crippen LogP contribution in [0, 0.1) is 11.3 Å². The second-order valence-corrected chi connectivity index (χ2v) is 2.76. The fraction of sp³-hybridized carbons (Fsp3) is 0.200. The van der Waals surface area contributed by atoms with Crippen LogP contribution in [0.2, 0.25) is 0 Å². The summed E-state index contributed by atoms with van der Waals surface area (Å²) in [5.41, 5.74) is 0.293. The van der Waals surface area contributed by atoms with E-state index in [0.717, 1.165) is 0 Å². The quantitative estimate of drug-likeness (QED) is 0.552. The van der Waals surface area contributed by atoms with Crippen LogP contribution in [0.3, 0.4) is 0 Å². The number of hydrogen-bond donors (Lipinski definition) is 1. The summed E-state index contributed by atoms with van der Waals surface area (Å²) >= 11 is 0. The van der Waals surface area contributed by atoms with Crippen LogP contribution in [0.25, 0.3) is 0 Å². The molecule has 0 spiro atoms. The zero-order valence-corrected chi connectivity index (χ0v) is 8.34. The van der Waals surface area contributed by atoms with Crippen molar-refractivity contribution in [1.82, 2.24) is 10.3 Å². The average molecular weight is 219 g/mol. The second kappa shape index (κ2) is 6.14. The Balaban J connectivity index is 2.39. The minimum Gasteiger partial charge on any atom is -0.482 e. The minimum absolute atomic E-state index is 0.0511. The molecule has 1 aromatic heterocycles. The standard InChI is InChI=1S/C10H9N3O3/c11-3-4-12-10(15)7-16-9-2-1-8(6-14)13-5-9/h1-2,5-6H,4,7H2,(H,12,15). The lowest BCUT2D eigenvalue weighted by atomic mass is 10.4. The molecule has 0 aliphatic rings. The van der Waals surface area contributed by atoms with Crippen molar-refractivity contribution in [3.05, 3.63) is 24.0 Å². The lowest BCUT2D eigenvalue weighted by Gasteiger charge is -2.04. The van der Waals surface area contributed by atoms with Gasteiger partial charge in [-0.15, -0.1) is 0 Å². The van der Waals surface area contributed by atoms with E-state index in [1.54, 1.807) is 6.07 Å². The van der Waals surface area contributed by atoms with Gasteiger partial charge in [0, 0.05) is 0 Å². The molecule has 0 radical (unpaired) electrons. The Labute approximate surface area is 91.9 Å². The zero-order valence-electron chi connectivity index (χ0n) is 8.34. The first-order valence-corrected chi connectivity index (χ1v) is 4.44. The van der Waals surface area contributed by atoms with E-state index in [-0.39, 0.29) is 19.1 Å². The van der Waals surface area contributed by atoms with Gasteiger partial charge >= 0.3 is 0 Å². The third kappa shape index (κ3) is 3.75. The lowest BCUT2D eigenvalue weighted by molar-refractivity contribution is -0.122. The van der Waals surface area contributed by atoms with E-state index in [4.69, 9.17) is 10.00 Å². The van der Waals surface area contributed by atoms with Crippen LogP contribution < -0.4 is 10.1 Å². The highest BCUT2D eigenvalue weighted by Gasteiger charge is 2.01. The smallest absolute Gasteiger partial charge is 0.258 e. The third-order valence-electron chi connectivity index (χ3n) is 1.61. The Bertz CT molecular complexity index is 408. The van der Waals surface area contributed by atoms with Gasteiger partial charge < -0.3 is 10.1 Å². The largest absolute Gasteiger partial charge is 0.482 e. The number of nitrogens with zero attached hydrogens (tertiary/aromatic N) is 2. The first-order valence-electron chi connectivity index (χ1n) is 4.44. The number of nitrogens with one attached hydrogen (secondary N) is 1. The lowest BCUT2D eigenvalue weighted by Crippen LogP contribution is -2.29. The van der Waals surface area contributed by atoms with Gasteiger partial charge in [0.15, 0.2) is 12.9 Å². The number of carbonyl (C=O) groups is 2. The molecule has 1 N–H and O–H groups in total. The highest BCUT2D eigenvalue weighted by molar-refractivity contribution is 5.77. The molecule has 0 aromatic carbocycles. The molecule has 1 amide bonds. The summed E-state index contributed by atoms with van der Waals surface area (Å²) < 4.78 is 5.06. The van der Waals surface area contributed by atoms with E-state index in [1.807, 2.05) is 0 Å². The van der Waals surface area contributed by atoms with Gasteiger partial charge in [-0.25, -0.2) is 4.98 Å². The van der Waals surface area contributed by atoms with Crippen LogP contribution in [0.1, 0.15) is 10.5 Å². The first kappa shape index (κ1) is 11.7. The summed E-state index contributed by atoms with van der Waals surface area (Å²) in [7, 11) is 0. The van der Waals surface area contributed by atoms with Gasteiger partial charge in [-0.2, -0.15) is 5.26 Å². The maximum Gasteiger partial charge on any atom is 0.258 e. The average Bonchev–Trinajstić information content (AvgIpc) is 2.34. The van der Waals surface area contributed by atoms with Crippen LogP contribution in [0.15, 0.2) is 18.3 Å². The van der Waals surface area contributed by atoms with Crippen molar-refractivity contribution < 1.29 is 14.3 Å². The van der Waals surface area contributed by atoms with Crippen molar-refractivity contribution in [1.29, 1.82) is 5.26 Å². The number of rotatable bonds is 5. The topological polar surface area (TPSA) is 92.1 Å². The van der Waals surface area contributed by atoms with Gasteiger partial charge in [-0.1, -0.05) is 0 Å². The SMILES string of the molecule is N#CCNC(=O)COc1ccc(C=O)nc1. The Morgan fingerprint density at radius 1 is 1.62 bits per heavy atom. The number of aromatic nitrogens is 1. The predicted molar refractivity (Wildman–Crippen MR) is 53.7 cm³/mol. The molecule has 1 rings (SSSR count). The zero-order chi connectivity index (χ0) is 11.8. The normalized spacial score (nSPS) is 8.94. The van der Waals surface area contributed by atoms with E-state index < -0.39 is 0 Å². The minimum atomic E-state index is -0.388. The van der Waals surface area contributed by atoms with E-state index in [0.29, 0.717) is 17.7 Å². The van der Waals surface area contributed by atoms with Crippen molar-refractivity contribution in [2.24, 2.45) is 0 Å². The fourth-order valence-electron chi connectivity index (χ4n) is 0.885. The van der Waals surface area contributed by atoms with E-state index >= 15 is 0 Å². The second-order valence-electron chi connectivity index (χ2n) is 2.76. The molecule has 0 saturated carbocycles. The number of hydrogen-bond acceptors (Lipinski definition) is 5. The number of amides is 1. The molecule has 0 saturated heterocycles. The number of carbonyl (C=O) groups excluding carboxylic acids is 2. The van der Waals surface area contributed by atoms with Crippen LogP contribution in [0.4, 0.5) is 0 Å². The number of pyridine rings is 1. The van der Waals surface area contributed by atoms with Gasteiger partial charge in [-0.3, -0.25) is 9.59 Å². The van der Waals surface area contributed by atoms with Gasteiger partial charge in [-0.05, 0) is 12.1 Å². The molecule has 0 aliphatic heterocycles. The third-order valence-corrected chi connectivity index (χ3v) is 1.61. The molecule has 0 atom stereocenters. The summed E-state index contributed by atoms with van der Waals surface area (Å²) in [5, 5.41) is 10.5. The van der Waals surface area contributed by atoms with Crippen molar-refractivity contribution in [2.45, 2.75) is 0 Å². The molecule has 82 valence electrons. The summed E-state index contributed by atoms with van der Waals surface area (Å²) in [6, 6.07) is 4.79. The molecular formula is C10H9N3O3. The van der Waals surface area contributed by atoms with Gasteiger partial charge in [0.2, 0.25) is 0 Å². The molecule has 0 aliphatic carbocycles. The van der Waals surface area contributed by atoms with Crippen LogP contribution in [-0.2, 0) is 4.79 Å². The Morgan fingerprint density at radius 2 is 2.44 bits per heavy atom. The molecule has 16 heavy (non-hydrogen) atoms. The van der Waals surface area contributed by atoms with Crippen LogP contribution in [0.5, 0.6) is 5.75 Å². The Hall–Kier alpha value is -2.42. The molecule has 6 heteroatoms. The highest BCUT2D eigenvalue weighted by atomic mass is 16.5. The maximum absolute atomic E-state index is 11.0. The van der Waals surface area contributed by atoms with Crippen LogP contribution in [-0.4, -0.2) is 30.3 Å². The monoisotopic (exact) mass is 219 g/mol. The molecule has 0 bridgehead atoms. The van der Waals surface area contributed by atoms with E-state index in [1.165, 1.54) is 18.3 Å². The molecule has 1 aromatic rings. The predicted octanol–water partition coefficient (Wildman–Crippen LogP) is -0.0873. The molecular weight excluding hydrogens is 210 g/mol.